The molecule has 8 heteroatoms. The van der Waals surface area contributed by atoms with Gasteiger partial charge < -0.3 is 14.2 Å². The fourth-order valence-electron chi connectivity index (χ4n) is 4.77. The summed E-state index contributed by atoms with van der Waals surface area (Å²) in [5.74, 6) is -0.327. The van der Waals surface area contributed by atoms with Gasteiger partial charge in [-0.2, -0.15) is 0 Å². The zero-order valence-corrected chi connectivity index (χ0v) is 20.8. The van der Waals surface area contributed by atoms with E-state index in [1.807, 2.05) is 40.7 Å². The number of likely N-dealkylation sites (N-methyl/N-ethyl adjacent to an activating group) is 1. The molecule has 0 spiro atoms. The number of halogens is 1. The number of carbonyl (C=O) groups is 1. The molecule has 4 rings (SSSR count). The molecule has 1 N–H and O–H groups in total. The third kappa shape index (κ3) is 5.63. The number of rotatable bonds is 7. The van der Waals surface area contributed by atoms with E-state index in [4.69, 9.17) is 4.74 Å². The van der Waals surface area contributed by atoms with Gasteiger partial charge in [0.15, 0.2) is 5.25 Å². The minimum absolute atomic E-state index is 0.0245. The third-order valence-corrected chi connectivity index (χ3v) is 8.73. The van der Waals surface area contributed by atoms with Crippen LogP contribution in [-0.4, -0.2) is 60.1 Å². The molecule has 2 heterocycles. The Morgan fingerprint density at radius 3 is 2.65 bits per heavy atom. The lowest BCUT2D eigenvalue weighted by Crippen LogP contribution is -2.50. The van der Waals surface area contributed by atoms with Gasteiger partial charge in [-0.25, -0.2) is 4.39 Å². The van der Waals surface area contributed by atoms with E-state index in [1.54, 1.807) is 31.1 Å². The Labute approximate surface area is 204 Å². The second-order valence-corrected chi connectivity index (χ2v) is 11.0. The van der Waals surface area contributed by atoms with Gasteiger partial charge in [0.25, 0.3) is 0 Å². The minimum atomic E-state index is -1.21. The molecule has 34 heavy (non-hydrogen) atoms. The Morgan fingerprint density at radius 1 is 1.24 bits per heavy atom. The lowest BCUT2D eigenvalue weighted by atomic mass is 9.82. The van der Waals surface area contributed by atoms with Crippen LogP contribution in [0.3, 0.4) is 0 Å². The van der Waals surface area contributed by atoms with Crippen molar-refractivity contribution in [2.24, 2.45) is 0 Å². The molecule has 2 atom stereocenters. The topological polar surface area (TPSA) is 67.9 Å². The zero-order valence-electron chi connectivity index (χ0n) is 20.0. The summed E-state index contributed by atoms with van der Waals surface area (Å²) < 4.78 is 36.0. The van der Waals surface area contributed by atoms with Crippen LogP contribution in [0.15, 0.2) is 48.5 Å². The van der Waals surface area contributed by atoms with Crippen LogP contribution in [-0.2, 0) is 33.0 Å². The monoisotopic (exact) mass is 487 g/mol. The number of hydrogen-bond donors (Lipinski definition) is 1. The Kier molecular flexibility index (Phi) is 8.26. The SMILES string of the molecule is CN(C)C(=O)CNC1(c2ccc(CN3CCC[C@H](c4ccccc4)[S+]3[O-])c(F)c2)CCOCC1. The highest BCUT2D eigenvalue weighted by atomic mass is 32.2. The molecule has 0 aromatic heterocycles. The molecule has 1 unspecified atom stereocenters. The van der Waals surface area contributed by atoms with Gasteiger partial charge in [0.2, 0.25) is 5.91 Å². The molecule has 1 amide bonds. The maximum atomic E-state index is 15.3. The number of nitrogens with one attached hydrogen (secondary N) is 1. The lowest BCUT2D eigenvalue weighted by Gasteiger charge is -2.39. The molecular formula is C26H34FN3O3S. The van der Waals surface area contributed by atoms with Crippen molar-refractivity contribution in [2.45, 2.75) is 43.0 Å². The molecule has 2 aliphatic rings. The van der Waals surface area contributed by atoms with Crippen LogP contribution >= 0.6 is 0 Å². The predicted octanol–water partition coefficient (Wildman–Crippen LogP) is 3.51. The first-order valence-corrected chi connectivity index (χ1v) is 13.1. The average Bonchev–Trinajstić information content (AvgIpc) is 2.86. The van der Waals surface area contributed by atoms with E-state index in [0.717, 1.165) is 24.0 Å². The van der Waals surface area contributed by atoms with E-state index in [1.165, 1.54) is 0 Å². The van der Waals surface area contributed by atoms with Gasteiger partial charge in [-0.05, 0) is 30.9 Å². The molecule has 2 saturated heterocycles. The number of carbonyl (C=O) groups excluding carboxylic acids is 1. The highest BCUT2D eigenvalue weighted by molar-refractivity contribution is 7.89. The average molecular weight is 488 g/mol. The number of amides is 1. The van der Waals surface area contributed by atoms with Crippen LogP contribution in [0.2, 0.25) is 0 Å². The Bertz CT molecular complexity index is 969. The van der Waals surface area contributed by atoms with Crippen LogP contribution in [0.5, 0.6) is 0 Å². The van der Waals surface area contributed by atoms with Gasteiger partial charge in [0.05, 0.1) is 13.1 Å². The molecular weight excluding hydrogens is 453 g/mol. The van der Waals surface area contributed by atoms with Gasteiger partial charge in [-0.1, -0.05) is 42.5 Å². The first kappa shape index (κ1) is 25.1. The fraction of sp³-hybridized carbons (Fsp3) is 0.500. The highest BCUT2D eigenvalue weighted by Crippen LogP contribution is 2.36. The van der Waals surface area contributed by atoms with Crippen LogP contribution < -0.4 is 5.32 Å². The van der Waals surface area contributed by atoms with Crippen molar-refractivity contribution in [3.63, 3.8) is 0 Å². The van der Waals surface area contributed by atoms with Crippen molar-refractivity contribution < 1.29 is 18.5 Å². The summed E-state index contributed by atoms with van der Waals surface area (Å²) in [6.07, 6.45) is 3.14. The van der Waals surface area contributed by atoms with Gasteiger partial charge >= 0.3 is 0 Å². The normalized spacial score (nSPS) is 22.9. The molecule has 0 aliphatic carbocycles. The molecule has 2 aliphatic heterocycles. The second-order valence-electron chi connectivity index (χ2n) is 9.32. The molecule has 0 bridgehead atoms. The first-order valence-electron chi connectivity index (χ1n) is 11.9. The lowest BCUT2D eigenvalue weighted by molar-refractivity contribution is -0.128. The quantitative estimate of drug-likeness (QED) is 0.606. The summed E-state index contributed by atoms with van der Waals surface area (Å²) in [5, 5.41) is 3.34. The van der Waals surface area contributed by atoms with Gasteiger partial charge in [0, 0.05) is 68.3 Å². The molecule has 2 aromatic rings. The van der Waals surface area contributed by atoms with Crippen molar-refractivity contribution in [1.82, 2.24) is 14.5 Å². The van der Waals surface area contributed by atoms with Gasteiger partial charge in [-0.3, -0.25) is 10.1 Å². The standard InChI is InChI=1S/C26H34FN3O3S/c1-29(2)25(31)18-28-26(12-15-33-16-13-26)22-11-10-21(23(27)17-22)19-30-14-6-9-24(34(30)32)20-7-4-3-5-8-20/h3-5,7-8,10-11,17,24,28H,6,9,12-16,18-19H2,1-2H3/t24-,34?/m1/s1. The van der Waals surface area contributed by atoms with Crippen molar-refractivity contribution in [3.05, 3.63) is 71.0 Å². The predicted molar refractivity (Wildman–Crippen MR) is 132 cm³/mol. The Morgan fingerprint density at radius 2 is 1.97 bits per heavy atom. The number of benzene rings is 2. The molecule has 6 nitrogen and oxygen atoms in total. The van der Waals surface area contributed by atoms with Crippen LogP contribution in [0.25, 0.3) is 0 Å². The highest BCUT2D eigenvalue weighted by Gasteiger charge is 2.37. The van der Waals surface area contributed by atoms with E-state index in [9.17, 15) is 9.35 Å². The minimum Gasteiger partial charge on any atom is -0.597 e. The largest absolute Gasteiger partial charge is 0.597 e. The summed E-state index contributed by atoms with van der Waals surface area (Å²) in [4.78, 5) is 13.7. The fourth-order valence-corrected chi connectivity index (χ4v) is 6.46. The number of hydrogen-bond acceptors (Lipinski definition) is 5. The van der Waals surface area contributed by atoms with E-state index in [2.05, 4.69) is 5.32 Å². The van der Waals surface area contributed by atoms with E-state index in [0.29, 0.717) is 44.7 Å². The first-order chi connectivity index (χ1) is 16.4. The maximum Gasteiger partial charge on any atom is 0.236 e. The summed E-state index contributed by atoms with van der Waals surface area (Å²) in [5.41, 5.74) is 1.93. The van der Waals surface area contributed by atoms with Gasteiger partial charge in [0.1, 0.15) is 5.82 Å². The van der Waals surface area contributed by atoms with E-state index in [-0.39, 0.29) is 23.5 Å². The smallest absolute Gasteiger partial charge is 0.236 e. The third-order valence-electron chi connectivity index (χ3n) is 6.92. The molecule has 2 fully saturated rings. The maximum absolute atomic E-state index is 15.3. The molecule has 2 aromatic carbocycles. The summed E-state index contributed by atoms with van der Waals surface area (Å²) >= 11 is -1.21. The Balaban J connectivity index is 1.50. The van der Waals surface area contributed by atoms with Crippen LogP contribution in [0, 0.1) is 5.82 Å². The summed E-state index contributed by atoms with van der Waals surface area (Å²) in [6.45, 7) is 2.29. The van der Waals surface area contributed by atoms with Crippen molar-refractivity contribution >= 4 is 17.3 Å². The molecule has 184 valence electrons. The van der Waals surface area contributed by atoms with Crippen LogP contribution in [0.4, 0.5) is 4.39 Å². The van der Waals surface area contributed by atoms with E-state index >= 15 is 4.39 Å². The van der Waals surface area contributed by atoms with Crippen LogP contribution in [0.1, 0.15) is 47.6 Å². The summed E-state index contributed by atoms with van der Waals surface area (Å²) in [6, 6.07) is 15.3. The van der Waals surface area contributed by atoms with Crippen molar-refractivity contribution in [1.29, 1.82) is 0 Å². The molecule has 0 saturated carbocycles. The van der Waals surface area contributed by atoms with E-state index < -0.39 is 16.9 Å². The number of ether oxygens (including phenoxy) is 1. The van der Waals surface area contributed by atoms with Gasteiger partial charge in [-0.15, -0.1) is 4.31 Å². The summed E-state index contributed by atoms with van der Waals surface area (Å²) in [7, 11) is 3.45. The zero-order chi connectivity index (χ0) is 24.1. The van der Waals surface area contributed by atoms with Crippen molar-refractivity contribution in [3.8, 4) is 0 Å². The van der Waals surface area contributed by atoms with Crippen molar-refractivity contribution in [2.75, 3.05) is 40.4 Å². The Hall–Kier alpha value is -1.97. The molecule has 0 radical (unpaired) electrons. The second kappa shape index (κ2) is 11.2. The number of nitrogens with zero attached hydrogens (tertiary/aromatic N) is 2.